The van der Waals surface area contributed by atoms with Crippen LogP contribution in [0.15, 0.2) is 47.8 Å². The second-order valence-corrected chi connectivity index (χ2v) is 5.42. The van der Waals surface area contributed by atoms with Gasteiger partial charge in [-0.05, 0) is 17.0 Å². The van der Waals surface area contributed by atoms with E-state index in [4.69, 9.17) is 0 Å². The van der Waals surface area contributed by atoms with E-state index in [-0.39, 0.29) is 0 Å². The molecule has 0 bridgehead atoms. The Hall–Kier alpha value is -2.67. The van der Waals surface area contributed by atoms with Crippen molar-refractivity contribution in [2.24, 2.45) is 0 Å². The number of hydrogen-bond donors (Lipinski definition) is 2. The molecule has 1 heterocycles. The van der Waals surface area contributed by atoms with E-state index in [2.05, 4.69) is 5.32 Å². The molecule has 0 aliphatic carbocycles. The highest BCUT2D eigenvalue weighted by Crippen LogP contribution is 2.15. The molecule has 114 valence electrons. The lowest BCUT2D eigenvalue weighted by Gasteiger charge is -2.20. The maximum absolute atomic E-state index is 12.1. The first-order valence-electron chi connectivity index (χ1n) is 6.40. The Bertz CT molecular complexity index is 670. The summed E-state index contributed by atoms with van der Waals surface area (Å²) in [5.41, 5.74) is 0.431. The summed E-state index contributed by atoms with van der Waals surface area (Å²) in [4.78, 5) is 36.8. The van der Waals surface area contributed by atoms with Crippen LogP contribution >= 0.6 is 11.3 Å². The molecule has 1 aromatic carbocycles. The third-order valence-electron chi connectivity index (χ3n) is 2.99. The lowest BCUT2D eigenvalue weighted by atomic mass is 10.1. The van der Waals surface area contributed by atoms with E-state index in [9.17, 15) is 19.5 Å². The Labute approximate surface area is 131 Å². The molecule has 1 atom stereocenters. The molecule has 0 aliphatic rings. The number of hydrogen-bond acceptors (Lipinski definition) is 4. The Morgan fingerprint density at radius 1 is 1.14 bits per heavy atom. The van der Waals surface area contributed by atoms with Crippen LogP contribution in [0.2, 0.25) is 0 Å². The maximum atomic E-state index is 12.1. The van der Waals surface area contributed by atoms with Crippen LogP contribution in [-0.4, -0.2) is 35.0 Å². The molecule has 1 aromatic heterocycles. The van der Waals surface area contributed by atoms with Crippen LogP contribution in [-0.2, 0) is 4.79 Å². The predicted octanol–water partition coefficient (Wildman–Crippen LogP) is 2.36. The van der Waals surface area contributed by atoms with E-state index in [1.807, 2.05) is 0 Å². The standard InChI is InChI=1S/C15H14N2O4S/c1-17(13(18)11-8-5-9-22-11)15(21)16-12(14(19)20)10-6-3-2-4-7-10/h2-9,12H,1H3,(H,16,21)(H,19,20). The number of imide groups is 1. The summed E-state index contributed by atoms with van der Waals surface area (Å²) in [5.74, 6) is -1.68. The van der Waals surface area contributed by atoms with Gasteiger partial charge in [0, 0.05) is 7.05 Å². The summed E-state index contributed by atoms with van der Waals surface area (Å²) in [6.07, 6.45) is 0. The van der Waals surface area contributed by atoms with Crippen molar-refractivity contribution in [3.05, 3.63) is 58.3 Å². The average molecular weight is 318 g/mol. The molecule has 0 saturated heterocycles. The van der Waals surface area contributed by atoms with Gasteiger partial charge in [-0.2, -0.15) is 0 Å². The van der Waals surface area contributed by atoms with Gasteiger partial charge in [-0.1, -0.05) is 36.4 Å². The topological polar surface area (TPSA) is 86.7 Å². The van der Waals surface area contributed by atoms with Gasteiger partial charge >= 0.3 is 12.0 Å². The number of carbonyl (C=O) groups is 3. The number of carbonyl (C=O) groups excluding carboxylic acids is 2. The molecule has 0 spiro atoms. The van der Waals surface area contributed by atoms with E-state index < -0.39 is 23.9 Å². The zero-order chi connectivity index (χ0) is 16.1. The quantitative estimate of drug-likeness (QED) is 0.906. The molecule has 7 heteroatoms. The van der Waals surface area contributed by atoms with Gasteiger partial charge in [-0.25, -0.2) is 9.59 Å². The maximum Gasteiger partial charge on any atom is 0.330 e. The fraction of sp³-hybridized carbons (Fsp3) is 0.133. The van der Waals surface area contributed by atoms with E-state index in [1.165, 1.54) is 18.4 Å². The third-order valence-corrected chi connectivity index (χ3v) is 3.85. The van der Waals surface area contributed by atoms with Crippen molar-refractivity contribution < 1.29 is 19.5 Å². The minimum atomic E-state index is -1.22. The van der Waals surface area contributed by atoms with Crippen LogP contribution in [0.25, 0.3) is 0 Å². The number of rotatable bonds is 4. The Morgan fingerprint density at radius 3 is 2.36 bits per heavy atom. The zero-order valence-corrected chi connectivity index (χ0v) is 12.5. The third kappa shape index (κ3) is 3.50. The van der Waals surface area contributed by atoms with Gasteiger partial charge in [0.1, 0.15) is 0 Å². The van der Waals surface area contributed by atoms with Crippen molar-refractivity contribution >= 4 is 29.2 Å². The van der Waals surface area contributed by atoms with Crippen LogP contribution in [0.1, 0.15) is 21.3 Å². The highest BCUT2D eigenvalue weighted by atomic mass is 32.1. The molecule has 0 radical (unpaired) electrons. The van der Waals surface area contributed by atoms with E-state index in [1.54, 1.807) is 47.8 Å². The molecule has 0 fully saturated rings. The molecule has 1 unspecified atom stereocenters. The number of thiophene rings is 1. The van der Waals surface area contributed by atoms with Crippen molar-refractivity contribution in [3.8, 4) is 0 Å². The van der Waals surface area contributed by atoms with E-state index in [0.29, 0.717) is 10.4 Å². The zero-order valence-electron chi connectivity index (χ0n) is 11.7. The predicted molar refractivity (Wildman–Crippen MR) is 81.8 cm³/mol. The molecule has 0 saturated carbocycles. The highest BCUT2D eigenvalue weighted by Gasteiger charge is 2.26. The van der Waals surface area contributed by atoms with Gasteiger partial charge in [0.25, 0.3) is 5.91 Å². The molecular weight excluding hydrogens is 304 g/mol. The minimum absolute atomic E-state index is 0.407. The van der Waals surface area contributed by atoms with Crippen LogP contribution in [0.5, 0.6) is 0 Å². The number of nitrogens with zero attached hydrogens (tertiary/aromatic N) is 1. The van der Waals surface area contributed by atoms with Crippen LogP contribution in [0.3, 0.4) is 0 Å². The Kier molecular flexibility index (Phi) is 4.90. The number of benzene rings is 1. The van der Waals surface area contributed by atoms with Gasteiger partial charge in [0.2, 0.25) is 0 Å². The fourth-order valence-electron chi connectivity index (χ4n) is 1.81. The van der Waals surface area contributed by atoms with Crippen molar-refractivity contribution in [1.82, 2.24) is 10.2 Å². The van der Waals surface area contributed by atoms with Crippen molar-refractivity contribution in [2.45, 2.75) is 6.04 Å². The Morgan fingerprint density at radius 2 is 1.82 bits per heavy atom. The first kappa shape index (κ1) is 15.7. The number of carboxylic acid groups (broad SMARTS) is 1. The van der Waals surface area contributed by atoms with E-state index in [0.717, 1.165) is 4.90 Å². The number of aliphatic carboxylic acids is 1. The molecule has 2 rings (SSSR count). The van der Waals surface area contributed by atoms with Crippen molar-refractivity contribution in [2.75, 3.05) is 7.05 Å². The summed E-state index contributed by atoms with van der Waals surface area (Å²) in [6.45, 7) is 0. The SMILES string of the molecule is CN(C(=O)NC(C(=O)O)c1ccccc1)C(=O)c1cccs1. The summed E-state index contributed by atoms with van der Waals surface area (Å²) in [7, 11) is 1.31. The second-order valence-electron chi connectivity index (χ2n) is 4.47. The van der Waals surface area contributed by atoms with Crippen molar-refractivity contribution in [3.63, 3.8) is 0 Å². The molecule has 2 N–H and O–H groups in total. The van der Waals surface area contributed by atoms with Gasteiger partial charge in [0.15, 0.2) is 6.04 Å². The Balaban J connectivity index is 2.12. The fourth-order valence-corrected chi connectivity index (χ4v) is 2.51. The molecular formula is C15H14N2O4S. The van der Waals surface area contributed by atoms with Gasteiger partial charge < -0.3 is 10.4 Å². The molecule has 22 heavy (non-hydrogen) atoms. The summed E-state index contributed by atoms with van der Waals surface area (Å²) >= 11 is 1.21. The smallest absolute Gasteiger partial charge is 0.330 e. The van der Waals surface area contributed by atoms with Gasteiger partial charge in [-0.3, -0.25) is 9.69 Å². The lowest BCUT2D eigenvalue weighted by Crippen LogP contribution is -2.44. The monoisotopic (exact) mass is 318 g/mol. The molecule has 3 amide bonds. The van der Waals surface area contributed by atoms with Crippen LogP contribution in [0, 0.1) is 0 Å². The number of carboxylic acids is 1. The lowest BCUT2D eigenvalue weighted by molar-refractivity contribution is -0.139. The molecule has 0 aliphatic heterocycles. The minimum Gasteiger partial charge on any atom is -0.479 e. The summed E-state index contributed by atoms with van der Waals surface area (Å²) in [5, 5.41) is 13.3. The largest absolute Gasteiger partial charge is 0.479 e. The molecule has 6 nitrogen and oxygen atoms in total. The number of amides is 3. The van der Waals surface area contributed by atoms with Crippen molar-refractivity contribution in [1.29, 1.82) is 0 Å². The normalized spacial score (nSPS) is 11.5. The van der Waals surface area contributed by atoms with Crippen LogP contribution < -0.4 is 5.32 Å². The first-order chi connectivity index (χ1) is 10.5. The molecule has 2 aromatic rings. The number of urea groups is 1. The summed E-state index contributed by atoms with van der Waals surface area (Å²) < 4.78 is 0. The number of nitrogens with one attached hydrogen (secondary N) is 1. The van der Waals surface area contributed by atoms with E-state index >= 15 is 0 Å². The highest BCUT2D eigenvalue weighted by molar-refractivity contribution is 7.12. The van der Waals surface area contributed by atoms with Crippen LogP contribution in [0.4, 0.5) is 4.79 Å². The van der Waals surface area contributed by atoms with Gasteiger partial charge in [-0.15, -0.1) is 11.3 Å². The second kappa shape index (κ2) is 6.86. The van der Waals surface area contributed by atoms with Gasteiger partial charge in [0.05, 0.1) is 4.88 Å². The first-order valence-corrected chi connectivity index (χ1v) is 7.28. The average Bonchev–Trinajstić information content (AvgIpc) is 3.05. The summed E-state index contributed by atoms with van der Waals surface area (Å²) in [6, 6.07) is 9.62.